The lowest BCUT2D eigenvalue weighted by atomic mass is 10.2. The molecule has 0 N–H and O–H groups in total. The van der Waals surface area contributed by atoms with Crippen LogP contribution in [-0.2, 0) is 19.8 Å². The molecule has 2 aromatic heterocycles. The van der Waals surface area contributed by atoms with E-state index in [0.29, 0.717) is 17.7 Å². The van der Waals surface area contributed by atoms with Crippen LogP contribution in [0.15, 0.2) is 47.5 Å². The Kier molecular flexibility index (Phi) is 5.11. The average Bonchev–Trinajstić information content (AvgIpc) is 3.10. The summed E-state index contributed by atoms with van der Waals surface area (Å²) in [5, 5.41) is 0. The summed E-state index contributed by atoms with van der Waals surface area (Å²) in [5.74, 6) is 0.555. The Morgan fingerprint density at radius 1 is 1.14 bits per heavy atom. The van der Waals surface area contributed by atoms with Gasteiger partial charge in [-0.25, -0.2) is 13.6 Å². The summed E-state index contributed by atoms with van der Waals surface area (Å²) >= 11 is 0. The predicted octanol–water partition coefficient (Wildman–Crippen LogP) is 3.07. The van der Waals surface area contributed by atoms with Crippen molar-refractivity contribution >= 4 is 5.82 Å². The third kappa shape index (κ3) is 4.03. The van der Waals surface area contributed by atoms with E-state index in [1.807, 2.05) is 11.9 Å². The van der Waals surface area contributed by atoms with Gasteiger partial charge in [-0.2, -0.15) is 4.98 Å². The van der Waals surface area contributed by atoms with Crippen LogP contribution in [0.25, 0.3) is 0 Å². The molecule has 0 saturated carbocycles. The van der Waals surface area contributed by atoms with Gasteiger partial charge < -0.3 is 14.4 Å². The van der Waals surface area contributed by atoms with Crippen LogP contribution < -0.4 is 20.1 Å². The van der Waals surface area contributed by atoms with Crippen LogP contribution in [0.4, 0.5) is 14.6 Å². The molecule has 0 saturated heterocycles. The highest BCUT2D eigenvalue weighted by Gasteiger charge is 2.19. The quantitative estimate of drug-likeness (QED) is 0.634. The molecule has 0 radical (unpaired) electrons. The number of hydrogen-bond acceptors (Lipinski definition) is 6. The van der Waals surface area contributed by atoms with Crippen LogP contribution in [0.3, 0.4) is 0 Å². The minimum Gasteiger partial charge on any atom is -0.473 e. The topological polar surface area (TPSA) is 69.5 Å². The van der Waals surface area contributed by atoms with Gasteiger partial charge in [0, 0.05) is 38.0 Å². The predicted molar refractivity (Wildman–Crippen MR) is 102 cm³/mol. The van der Waals surface area contributed by atoms with E-state index < -0.39 is 12.5 Å². The molecule has 0 amide bonds. The number of anilines is 1. The minimum absolute atomic E-state index is 0.0120. The number of rotatable bonds is 6. The highest BCUT2D eigenvalue weighted by molar-refractivity contribution is 5.44. The number of pyridine rings is 1. The fourth-order valence-corrected chi connectivity index (χ4v) is 3.03. The van der Waals surface area contributed by atoms with Gasteiger partial charge in [-0.1, -0.05) is 6.07 Å². The zero-order valence-corrected chi connectivity index (χ0v) is 15.6. The van der Waals surface area contributed by atoms with E-state index in [1.165, 1.54) is 30.6 Å². The summed E-state index contributed by atoms with van der Waals surface area (Å²) in [7, 11) is 1.88. The maximum Gasteiger partial charge on any atom is 0.352 e. The molecule has 3 aromatic rings. The number of fused-ring (bicyclic) bond motifs is 1. The fraction of sp³-hybridized carbons (Fsp3) is 0.250. The first kappa shape index (κ1) is 18.9. The lowest BCUT2D eigenvalue weighted by Gasteiger charge is -2.13. The SMILES string of the molecule is CN1CCn2c1cc(OCc1ccc(Oc3cncc(CF)c3)c(F)c1)nc2=O. The van der Waals surface area contributed by atoms with Crippen molar-refractivity contribution in [2.45, 2.75) is 19.8 Å². The minimum atomic E-state index is -0.681. The third-order valence-electron chi connectivity index (χ3n) is 4.55. The van der Waals surface area contributed by atoms with E-state index >= 15 is 0 Å². The number of hydrogen-bond donors (Lipinski definition) is 0. The van der Waals surface area contributed by atoms with E-state index in [-0.39, 0.29) is 29.7 Å². The largest absolute Gasteiger partial charge is 0.473 e. The average molecular weight is 400 g/mol. The molecular weight excluding hydrogens is 382 g/mol. The molecule has 0 aliphatic carbocycles. The number of likely N-dealkylation sites (N-methyl/N-ethyl adjacent to an activating group) is 1. The van der Waals surface area contributed by atoms with Gasteiger partial charge in [0.15, 0.2) is 11.6 Å². The molecule has 0 atom stereocenters. The van der Waals surface area contributed by atoms with Crippen LogP contribution in [0.1, 0.15) is 11.1 Å². The number of benzene rings is 1. The van der Waals surface area contributed by atoms with Crippen LogP contribution in [0, 0.1) is 5.82 Å². The van der Waals surface area contributed by atoms with Crippen molar-refractivity contribution in [1.82, 2.24) is 14.5 Å². The van der Waals surface area contributed by atoms with Crippen LogP contribution >= 0.6 is 0 Å². The number of alkyl halides is 1. The third-order valence-corrected chi connectivity index (χ3v) is 4.55. The molecule has 3 heterocycles. The Bertz CT molecular complexity index is 1100. The monoisotopic (exact) mass is 400 g/mol. The molecule has 4 rings (SSSR count). The molecule has 29 heavy (non-hydrogen) atoms. The molecule has 9 heteroatoms. The number of ether oxygens (including phenoxy) is 2. The normalized spacial score (nSPS) is 12.7. The van der Waals surface area contributed by atoms with E-state index in [2.05, 4.69) is 9.97 Å². The first-order valence-corrected chi connectivity index (χ1v) is 8.95. The van der Waals surface area contributed by atoms with Crippen LogP contribution in [0.2, 0.25) is 0 Å². The van der Waals surface area contributed by atoms with Crippen molar-refractivity contribution in [3.05, 3.63) is 70.2 Å². The van der Waals surface area contributed by atoms with Gasteiger partial charge in [-0.05, 0) is 23.8 Å². The standard InChI is InChI=1S/C20H18F2N4O3/c1-25-4-5-26-19(25)8-18(24-20(26)27)28-12-13-2-3-17(16(22)7-13)29-15-6-14(9-21)10-23-11-15/h2-3,6-8,10-11H,4-5,9,12H2,1H3. The highest BCUT2D eigenvalue weighted by atomic mass is 19.1. The molecular formula is C20H18F2N4O3. The molecule has 0 fully saturated rings. The first-order chi connectivity index (χ1) is 14.0. The molecule has 150 valence electrons. The molecule has 1 aliphatic rings. The van der Waals surface area contributed by atoms with Crippen LogP contribution in [0.5, 0.6) is 17.4 Å². The molecule has 7 nitrogen and oxygen atoms in total. The lowest BCUT2D eigenvalue weighted by molar-refractivity contribution is 0.290. The van der Waals surface area contributed by atoms with Crippen molar-refractivity contribution < 1.29 is 18.3 Å². The Morgan fingerprint density at radius 2 is 2.00 bits per heavy atom. The first-order valence-electron chi connectivity index (χ1n) is 8.95. The van der Waals surface area contributed by atoms with E-state index in [4.69, 9.17) is 9.47 Å². The van der Waals surface area contributed by atoms with Gasteiger partial charge in [0.25, 0.3) is 0 Å². The lowest BCUT2D eigenvalue weighted by Crippen LogP contribution is -2.22. The van der Waals surface area contributed by atoms with E-state index in [9.17, 15) is 13.6 Å². The second kappa shape index (κ2) is 7.86. The summed E-state index contributed by atoms with van der Waals surface area (Å²) in [6.45, 7) is 0.680. The molecule has 0 unspecified atom stereocenters. The van der Waals surface area contributed by atoms with Gasteiger partial charge in [0.2, 0.25) is 5.88 Å². The maximum absolute atomic E-state index is 14.4. The van der Waals surface area contributed by atoms with Crippen molar-refractivity contribution in [3.63, 3.8) is 0 Å². The van der Waals surface area contributed by atoms with E-state index in [0.717, 1.165) is 12.4 Å². The van der Waals surface area contributed by atoms with Gasteiger partial charge in [-0.15, -0.1) is 0 Å². The Labute approximate surface area is 165 Å². The van der Waals surface area contributed by atoms with Gasteiger partial charge in [0.1, 0.15) is 24.8 Å². The van der Waals surface area contributed by atoms with Crippen molar-refractivity contribution in [3.8, 4) is 17.4 Å². The van der Waals surface area contributed by atoms with E-state index in [1.54, 1.807) is 16.7 Å². The highest BCUT2D eigenvalue weighted by Crippen LogP contribution is 2.26. The van der Waals surface area contributed by atoms with Crippen LogP contribution in [-0.4, -0.2) is 28.1 Å². The zero-order chi connectivity index (χ0) is 20.4. The van der Waals surface area contributed by atoms with Crippen molar-refractivity contribution in [2.75, 3.05) is 18.5 Å². The molecule has 0 spiro atoms. The summed E-state index contributed by atoms with van der Waals surface area (Å²) in [6.07, 6.45) is 2.75. The maximum atomic E-state index is 14.4. The number of aromatic nitrogens is 3. The fourth-order valence-electron chi connectivity index (χ4n) is 3.03. The molecule has 1 aliphatic heterocycles. The number of halogens is 2. The van der Waals surface area contributed by atoms with Crippen molar-refractivity contribution in [2.24, 2.45) is 0 Å². The smallest absolute Gasteiger partial charge is 0.352 e. The summed E-state index contributed by atoms with van der Waals surface area (Å²) in [6, 6.07) is 7.51. The van der Waals surface area contributed by atoms with Gasteiger partial charge >= 0.3 is 5.69 Å². The van der Waals surface area contributed by atoms with Crippen molar-refractivity contribution in [1.29, 1.82) is 0 Å². The zero-order valence-electron chi connectivity index (χ0n) is 15.6. The summed E-state index contributed by atoms with van der Waals surface area (Å²) in [5.41, 5.74) is 0.512. The Morgan fingerprint density at radius 3 is 2.79 bits per heavy atom. The summed E-state index contributed by atoms with van der Waals surface area (Å²) in [4.78, 5) is 21.7. The Balaban J connectivity index is 1.45. The van der Waals surface area contributed by atoms with Gasteiger partial charge in [-0.3, -0.25) is 9.55 Å². The second-order valence-electron chi connectivity index (χ2n) is 6.63. The van der Waals surface area contributed by atoms with Gasteiger partial charge in [0.05, 0.1) is 6.20 Å². The molecule has 1 aromatic carbocycles. The number of nitrogens with zero attached hydrogens (tertiary/aromatic N) is 4. The summed E-state index contributed by atoms with van der Waals surface area (Å²) < 4.78 is 39.7. The molecule has 0 bridgehead atoms. The Hall–Kier alpha value is -3.49. The second-order valence-corrected chi connectivity index (χ2v) is 6.63.